The smallest absolute Gasteiger partial charge is 0.132 e. The van der Waals surface area contributed by atoms with Crippen LogP contribution in [-0.2, 0) is 0 Å². The average Bonchev–Trinajstić information content (AvgIpc) is 2.86. The highest BCUT2D eigenvalue weighted by Crippen LogP contribution is 2.24. The molecule has 1 saturated heterocycles. The predicted molar refractivity (Wildman–Crippen MR) is 84.2 cm³/mol. The van der Waals surface area contributed by atoms with Gasteiger partial charge in [0.1, 0.15) is 23.5 Å². The molecule has 2 aromatic rings. The first-order valence-corrected chi connectivity index (χ1v) is 7.47. The topological polar surface area (TPSA) is 38.2 Å². The van der Waals surface area contributed by atoms with E-state index in [1.807, 2.05) is 44.2 Å². The zero-order valence-electron chi connectivity index (χ0n) is 12.2. The molecule has 1 aromatic carbocycles. The highest BCUT2D eigenvalue weighted by molar-refractivity contribution is 6.30. The van der Waals surface area contributed by atoms with Gasteiger partial charge in [-0.05, 0) is 32.0 Å². The van der Waals surface area contributed by atoms with Crippen LogP contribution in [-0.4, -0.2) is 29.2 Å². The van der Waals surface area contributed by atoms with Crippen LogP contribution in [0.15, 0.2) is 30.3 Å². The maximum absolute atomic E-state index is 6.00. The van der Waals surface area contributed by atoms with E-state index in [2.05, 4.69) is 14.9 Å². The van der Waals surface area contributed by atoms with E-state index in [1.165, 1.54) is 0 Å². The van der Waals surface area contributed by atoms with Crippen LogP contribution < -0.4 is 9.64 Å². The lowest BCUT2D eigenvalue weighted by molar-refractivity contribution is 0.225. The predicted octanol–water partition coefficient (Wildman–Crippen LogP) is 3.40. The van der Waals surface area contributed by atoms with Crippen LogP contribution in [0.3, 0.4) is 0 Å². The third-order valence-corrected chi connectivity index (χ3v) is 3.76. The molecular weight excluding hydrogens is 286 g/mol. The van der Waals surface area contributed by atoms with E-state index < -0.39 is 0 Å². The fourth-order valence-corrected chi connectivity index (χ4v) is 2.80. The summed E-state index contributed by atoms with van der Waals surface area (Å²) in [6.07, 6.45) is 1.15. The summed E-state index contributed by atoms with van der Waals surface area (Å²) in [5.41, 5.74) is 0.997. The fourth-order valence-electron chi connectivity index (χ4n) is 2.62. The van der Waals surface area contributed by atoms with Gasteiger partial charge in [0.15, 0.2) is 0 Å². The van der Waals surface area contributed by atoms with Crippen molar-refractivity contribution < 1.29 is 4.74 Å². The molecule has 2 heterocycles. The molecule has 1 unspecified atom stereocenters. The van der Waals surface area contributed by atoms with Crippen molar-refractivity contribution in [3.05, 3.63) is 46.9 Å². The minimum absolute atomic E-state index is 0.166. The number of anilines is 1. The van der Waals surface area contributed by atoms with Gasteiger partial charge in [-0.2, -0.15) is 0 Å². The van der Waals surface area contributed by atoms with Gasteiger partial charge in [-0.1, -0.05) is 17.7 Å². The number of hydrogen-bond donors (Lipinski definition) is 0. The van der Waals surface area contributed by atoms with Gasteiger partial charge in [0.25, 0.3) is 0 Å². The minimum atomic E-state index is 0.166. The van der Waals surface area contributed by atoms with Crippen LogP contribution in [0.4, 0.5) is 5.82 Å². The highest BCUT2D eigenvalue weighted by Gasteiger charge is 2.25. The van der Waals surface area contributed by atoms with Crippen molar-refractivity contribution >= 4 is 17.4 Å². The Kier molecular flexibility index (Phi) is 3.97. The second kappa shape index (κ2) is 5.90. The summed E-state index contributed by atoms with van der Waals surface area (Å²) in [7, 11) is 0. The van der Waals surface area contributed by atoms with Crippen LogP contribution in [0.2, 0.25) is 5.02 Å². The molecule has 0 aliphatic carbocycles. The zero-order valence-corrected chi connectivity index (χ0v) is 13.0. The van der Waals surface area contributed by atoms with Gasteiger partial charge in [0, 0.05) is 29.7 Å². The molecule has 1 aliphatic rings. The average molecular weight is 304 g/mol. The third-order valence-electron chi connectivity index (χ3n) is 3.52. The Morgan fingerprint density at radius 2 is 2.10 bits per heavy atom. The van der Waals surface area contributed by atoms with Gasteiger partial charge in [0.2, 0.25) is 0 Å². The van der Waals surface area contributed by atoms with Gasteiger partial charge in [-0.15, -0.1) is 0 Å². The largest absolute Gasteiger partial charge is 0.488 e. The molecule has 0 saturated carbocycles. The van der Waals surface area contributed by atoms with E-state index >= 15 is 0 Å². The molecule has 110 valence electrons. The van der Waals surface area contributed by atoms with Crippen LogP contribution in [0, 0.1) is 13.8 Å². The Bertz CT molecular complexity index is 627. The summed E-state index contributed by atoms with van der Waals surface area (Å²) in [6.45, 7) is 5.70. The second-order valence-electron chi connectivity index (χ2n) is 5.35. The quantitative estimate of drug-likeness (QED) is 0.871. The summed E-state index contributed by atoms with van der Waals surface area (Å²) >= 11 is 5.98. The molecule has 1 aliphatic heterocycles. The van der Waals surface area contributed by atoms with E-state index in [1.54, 1.807) is 0 Å². The molecule has 1 fully saturated rings. The molecule has 0 radical (unpaired) electrons. The fraction of sp³-hybridized carbons (Fsp3) is 0.375. The Labute approximate surface area is 129 Å². The zero-order chi connectivity index (χ0) is 14.8. The van der Waals surface area contributed by atoms with Crippen LogP contribution >= 0.6 is 11.6 Å². The molecule has 3 rings (SSSR count). The number of rotatable bonds is 3. The Morgan fingerprint density at radius 3 is 2.86 bits per heavy atom. The van der Waals surface area contributed by atoms with Crippen LogP contribution in [0.5, 0.6) is 5.75 Å². The van der Waals surface area contributed by atoms with Gasteiger partial charge in [-0.3, -0.25) is 0 Å². The number of aromatic nitrogens is 2. The van der Waals surface area contributed by atoms with E-state index in [0.717, 1.165) is 42.6 Å². The molecular formula is C16H18ClN3O. The summed E-state index contributed by atoms with van der Waals surface area (Å²) < 4.78 is 6.00. The van der Waals surface area contributed by atoms with E-state index in [-0.39, 0.29) is 6.10 Å². The van der Waals surface area contributed by atoms with Gasteiger partial charge in [-0.25, -0.2) is 9.97 Å². The molecule has 1 atom stereocenters. The number of nitrogens with zero attached hydrogens (tertiary/aromatic N) is 3. The Balaban J connectivity index is 1.68. The van der Waals surface area contributed by atoms with Crippen LogP contribution in [0.1, 0.15) is 17.9 Å². The highest BCUT2D eigenvalue weighted by atomic mass is 35.5. The number of aryl methyl sites for hydroxylation is 2. The molecule has 5 heteroatoms. The minimum Gasteiger partial charge on any atom is -0.488 e. The van der Waals surface area contributed by atoms with Crippen molar-refractivity contribution in [1.29, 1.82) is 0 Å². The van der Waals surface area contributed by atoms with Gasteiger partial charge in [0.05, 0.1) is 6.54 Å². The maximum Gasteiger partial charge on any atom is 0.132 e. The molecule has 1 aromatic heterocycles. The van der Waals surface area contributed by atoms with E-state index in [9.17, 15) is 0 Å². The molecule has 21 heavy (non-hydrogen) atoms. The lowest BCUT2D eigenvalue weighted by Crippen LogP contribution is -2.25. The lowest BCUT2D eigenvalue weighted by atomic mass is 10.3. The van der Waals surface area contributed by atoms with Crippen molar-refractivity contribution in [3.63, 3.8) is 0 Å². The van der Waals surface area contributed by atoms with Gasteiger partial charge >= 0.3 is 0 Å². The number of benzene rings is 1. The number of ether oxygens (including phenoxy) is 1. The molecule has 0 bridgehead atoms. The van der Waals surface area contributed by atoms with Crippen molar-refractivity contribution in [1.82, 2.24) is 9.97 Å². The van der Waals surface area contributed by atoms with E-state index in [0.29, 0.717) is 5.02 Å². The molecule has 0 spiro atoms. The maximum atomic E-state index is 6.00. The van der Waals surface area contributed by atoms with Crippen molar-refractivity contribution in [2.24, 2.45) is 0 Å². The summed E-state index contributed by atoms with van der Waals surface area (Å²) in [5, 5.41) is 0.699. The van der Waals surface area contributed by atoms with Gasteiger partial charge < -0.3 is 9.64 Å². The first-order valence-electron chi connectivity index (χ1n) is 7.09. The lowest BCUT2D eigenvalue weighted by Gasteiger charge is -2.18. The normalized spacial score (nSPS) is 18.0. The molecule has 4 nitrogen and oxygen atoms in total. The van der Waals surface area contributed by atoms with E-state index in [4.69, 9.17) is 16.3 Å². The van der Waals surface area contributed by atoms with Crippen molar-refractivity contribution in [2.45, 2.75) is 26.4 Å². The number of hydrogen-bond acceptors (Lipinski definition) is 4. The SMILES string of the molecule is Cc1cc(N2CCC(Oc3cccc(Cl)c3)C2)nc(C)n1. The van der Waals surface area contributed by atoms with Crippen molar-refractivity contribution in [2.75, 3.05) is 18.0 Å². The summed E-state index contributed by atoms with van der Waals surface area (Å²) in [6, 6.07) is 9.56. The Hall–Kier alpha value is -1.81. The summed E-state index contributed by atoms with van der Waals surface area (Å²) in [4.78, 5) is 11.1. The van der Waals surface area contributed by atoms with Crippen molar-refractivity contribution in [3.8, 4) is 5.75 Å². The third kappa shape index (κ3) is 3.45. The molecule has 0 amide bonds. The second-order valence-corrected chi connectivity index (χ2v) is 5.78. The summed E-state index contributed by atoms with van der Waals surface area (Å²) in [5.74, 6) is 2.62. The first-order chi connectivity index (χ1) is 10.1. The van der Waals surface area contributed by atoms with Crippen LogP contribution in [0.25, 0.3) is 0 Å². The monoisotopic (exact) mass is 303 g/mol. The Morgan fingerprint density at radius 1 is 1.24 bits per heavy atom. The number of halogens is 1. The first kappa shape index (κ1) is 14.1. The molecule has 0 N–H and O–H groups in total. The standard InChI is InChI=1S/C16H18ClN3O/c1-11-8-16(19-12(2)18-11)20-7-6-15(10-20)21-14-5-3-4-13(17)9-14/h3-5,8-9,15H,6-7,10H2,1-2H3.